The van der Waals surface area contributed by atoms with E-state index in [9.17, 15) is 9.90 Å². The van der Waals surface area contributed by atoms with Crippen LogP contribution in [0.25, 0.3) is 0 Å². The highest BCUT2D eigenvalue weighted by atomic mass is 32.2. The maximum Gasteiger partial charge on any atom is 0.0513 e. The molecule has 0 fully saturated rings. The molecule has 3 heteroatoms. The first-order valence-electron chi connectivity index (χ1n) is 2.16. The monoisotopic (exact) mass is 131 g/mol. The quantitative estimate of drug-likeness (QED) is 0.387. The second kappa shape index (κ2) is 4.71. The van der Waals surface area contributed by atoms with Gasteiger partial charge in [-0.15, -0.1) is 6.58 Å². The molecule has 0 aromatic rings. The fourth-order valence-corrected chi connectivity index (χ4v) is 0.677. The van der Waals surface area contributed by atoms with Crippen molar-refractivity contribution >= 4 is 17.7 Å². The first-order valence-corrected chi connectivity index (χ1v) is 3.31. The fraction of sp³-hybridized carbons (Fsp3) is 0.400. The number of aliphatic carboxylic acids is 1. The SMILES string of the molecule is C=CCSCC(=O)[O-]. The first kappa shape index (κ1) is 7.56. The normalized spacial score (nSPS) is 8.50. The minimum atomic E-state index is -1.02. The Morgan fingerprint density at radius 2 is 2.50 bits per heavy atom. The predicted molar refractivity (Wildman–Crippen MR) is 32.5 cm³/mol. The first-order chi connectivity index (χ1) is 3.77. The molecule has 0 aliphatic carbocycles. The zero-order valence-electron chi connectivity index (χ0n) is 4.42. The van der Waals surface area contributed by atoms with Crippen molar-refractivity contribution in [2.24, 2.45) is 0 Å². The van der Waals surface area contributed by atoms with Gasteiger partial charge in [0.1, 0.15) is 0 Å². The van der Waals surface area contributed by atoms with E-state index in [1.807, 2.05) is 0 Å². The number of hydrogen-bond acceptors (Lipinski definition) is 3. The number of carbonyl (C=O) groups excluding carboxylic acids is 1. The Kier molecular flexibility index (Phi) is 4.45. The summed E-state index contributed by atoms with van der Waals surface area (Å²) in [6.07, 6.45) is 1.66. The highest BCUT2D eigenvalue weighted by molar-refractivity contribution is 8.00. The van der Waals surface area contributed by atoms with Crippen LogP contribution in [0, 0.1) is 0 Å². The van der Waals surface area contributed by atoms with Crippen LogP contribution in [0.2, 0.25) is 0 Å². The van der Waals surface area contributed by atoms with E-state index in [1.54, 1.807) is 6.08 Å². The Balaban J connectivity index is 2.93. The molecule has 0 N–H and O–H groups in total. The average Bonchev–Trinajstić information content (AvgIpc) is 1.66. The number of rotatable bonds is 4. The van der Waals surface area contributed by atoms with E-state index >= 15 is 0 Å². The van der Waals surface area contributed by atoms with Crippen LogP contribution in [0.1, 0.15) is 0 Å². The van der Waals surface area contributed by atoms with Crippen LogP contribution in [0.3, 0.4) is 0 Å². The highest BCUT2D eigenvalue weighted by Crippen LogP contribution is 1.96. The van der Waals surface area contributed by atoms with Gasteiger partial charge < -0.3 is 9.90 Å². The van der Waals surface area contributed by atoms with Crippen molar-refractivity contribution in [2.75, 3.05) is 11.5 Å². The highest BCUT2D eigenvalue weighted by Gasteiger charge is 1.82. The van der Waals surface area contributed by atoms with E-state index in [2.05, 4.69) is 6.58 Å². The van der Waals surface area contributed by atoms with E-state index in [-0.39, 0.29) is 5.75 Å². The lowest BCUT2D eigenvalue weighted by molar-refractivity contribution is -0.301. The van der Waals surface area contributed by atoms with E-state index in [4.69, 9.17) is 0 Å². The number of hydrogen-bond donors (Lipinski definition) is 0. The molecule has 0 atom stereocenters. The lowest BCUT2D eigenvalue weighted by Gasteiger charge is -1.96. The van der Waals surface area contributed by atoms with Crippen molar-refractivity contribution in [1.29, 1.82) is 0 Å². The zero-order valence-corrected chi connectivity index (χ0v) is 5.24. The molecule has 0 heterocycles. The van der Waals surface area contributed by atoms with Crippen molar-refractivity contribution in [2.45, 2.75) is 0 Å². The van der Waals surface area contributed by atoms with Gasteiger partial charge in [-0.1, -0.05) is 6.08 Å². The standard InChI is InChI=1S/C5H8O2S/c1-2-3-8-4-5(6)7/h2H,1,3-4H2,(H,6,7)/p-1. The molecule has 0 aliphatic heterocycles. The van der Waals surface area contributed by atoms with Gasteiger partial charge in [0.25, 0.3) is 0 Å². The van der Waals surface area contributed by atoms with Crippen LogP contribution < -0.4 is 5.11 Å². The smallest absolute Gasteiger partial charge is 0.0513 e. The summed E-state index contributed by atoms with van der Waals surface area (Å²) < 4.78 is 0. The second-order valence-corrected chi connectivity index (χ2v) is 2.21. The third-order valence-electron chi connectivity index (χ3n) is 0.456. The van der Waals surface area contributed by atoms with Crippen LogP contribution in [0.5, 0.6) is 0 Å². The van der Waals surface area contributed by atoms with E-state index < -0.39 is 5.97 Å². The van der Waals surface area contributed by atoms with Crippen LogP contribution in [0.15, 0.2) is 12.7 Å². The summed E-state index contributed by atoms with van der Waals surface area (Å²) in [5.41, 5.74) is 0. The van der Waals surface area contributed by atoms with Gasteiger partial charge >= 0.3 is 0 Å². The van der Waals surface area contributed by atoms with Crippen molar-refractivity contribution in [3.05, 3.63) is 12.7 Å². The van der Waals surface area contributed by atoms with Crippen molar-refractivity contribution in [1.82, 2.24) is 0 Å². The molecule has 2 nitrogen and oxygen atoms in total. The molecular weight excluding hydrogens is 124 g/mol. The largest absolute Gasteiger partial charge is 0.549 e. The van der Waals surface area contributed by atoms with Gasteiger partial charge in [-0.05, 0) is 0 Å². The molecular formula is C5H7O2S-. The van der Waals surface area contributed by atoms with E-state index in [0.717, 1.165) is 0 Å². The van der Waals surface area contributed by atoms with Gasteiger partial charge in [0.05, 0.1) is 5.97 Å². The average molecular weight is 131 g/mol. The summed E-state index contributed by atoms with van der Waals surface area (Å²) in [6, 6.07) is 0. The number of carbonyl (C=O) groups is 1. The summed E-state index contributed by atoms with van der Waals surface area (Å²) in [6.45, 7) is 3.42. The molecule has 0 aliphatic rings. The molecule has 0 amide bonds. The Morgan fingerprint density at radius 1 is 1.88 bits per heavy atom. The minimum absolute atomic E-state index is 0.0615. The summed E-state index contributed by atoms with van der Waals surface area (Å²) >= 11 is 1.28. The molecule has 46 valence electrons. The molecule has 0 bridgehead atoms. The zero-order chi connectivity index (χ0) is 6.41. The van der Waals surface area contributed by atoms with Gasteiger partial charge in [-0.2, -0.15) is 11.8 Å². The van der Waals surface area contributed by atoms with Crippen molar-refractivity contribution < 1.29 is 9.90 Å². The van der Waals surface area contributed by atoms with Gasteiger partial charge in [0.2, 0.25) is 0 Å². The number of carboxylic acid groups (broad SMARTS) is 1. The van der Waals surface area contributed by atoms with Crippen molar-refractivity contribution in [3.63, 3.8) is 0 Å². The summed E-state index contributed by atoms with van der Waals surface area (Å²) in [4.78, 5) is 9.71. The summed E-state index contributed by atoms with van der Waals surface area (Å²) in [5, 5.41) is 9.71. The Hall–Kier alpha value is -0.440. The molecule has 0 rings (SSSR count). The molecule has 0 aromatic carbocycles. The van der Waals surface area contributed by atoms with Crippen LogP contribution >= 0.6 is 11.8 Å². The van der Waals surface area contributed by atoms with Crippen molar-refractivity contribution in [3.8, 4) is 0 Å². The van der Waals surface area contributed by atoms with Gasteiger partial charge in [0.15, 0.2) is 0 Å². The maximum atomic E-state index is 9.71. The number of thioether (sulfide) groups is 1. The third kappa shape index (κ3) is 5.56. The van der Waals surface area contributed by atoms with Gasteiger partial charge in [-0.3, -0.25) is 0 Å². The fourth-order valence-electron chi connectivity index (χ4n) is 0.226. The van der Waals surface area contributed by atoms with Gasteiger partial charge in [0, 0.05) is 11.5 Å². The Morgan fingerprint density at radius 3 is 2.88 bits per heavy atom. The van der Waals surface area contributed by atoms with Crippen LogP contribution in [0.4, 0.5) is 0 Å². The Labute approximate surface area is 52.6 Å². The lowest BCUT2D eigenvalue weighted by Crippen LogP contribution is -2.24. The molecule has 0 aromatic heterocycles. The molecule has 0 saturated heterocycles. The summed E-state index contributed by atoms with van der Waals surface area (Å²) in [5.74, 6) is -0.281. The molecule has 0 spiro atoms. The second-order valence-electron chi connectivity index (χ2n) is 1.18. The molecule has 0 unspecified atom stereocenters. The topological polar surface area (TPSA) is 40.1 Å². The van der Waals surface area contributed by atoms with E-state index in [0.29, 0.717) is 5.75 Å². The van der Waals surface area contributed by atoms with Crippen LogP contribution in [-0.2, 0) is 4.79 Å². The molecule has 0 saturated carbocycles. The maximum absolute atomic E-state index is 9.71. The lowest BCUT2D eigenvalue weighted by atomic mass is 10.8. The summed E-state index contributed by atoms with van der Waals surface area (Å²) in [7, 11) is 0. The molecule has 0 radical (unpaired) electrons. The predicted octanol–water partition coefficient (Wildman–Crippen LogP) is -0.345. The minimum Gasteiger partial charge on any atom is -0.549 e. The molecule has 8 heavy (non-hydrogen) atoms. The number of carboxylic acids is 1. The Bertz CT molecular complexity index is 90.4. The van der Waals surface area contributed by atoms with Crippen LogP contribution in [-0.4, -0.2) is 17.5 Å². The van der Waals surface area contributed by atoms with Gasteiger partial charge in [-0.25, -0.2) is 0 Å². The third-order valence-corrected chi connectivity index (χ3v) is 1.37. The van der Waals surface area contributed by atoms with E-state index in [1.165, 1.54) is 11.8 Å².